The summed E-state index contributed by atoms with van der Waals surface area (Å²) in [6.07, 6.45) is 5.94. The largest absolute Gasteiger partial charge is 0.370 e. The average Bonchev–Trinajstić information content (AvgIpc) is 2.77. The molecule has 9 heteroatoms. The lowest BCUT2D eigenvalue weighted by Crippen LogP contribution is -2.38. The van der Waals surface area contributed by atoms with Crippen molar-refractivity contribution in [1.29, 1.82) is 0 Å². The van der Waals surface area contributed by atoms with Crippen molar-refractivity contribution in [1.82, 2.24) is 14.5 Å². The Balaban J connectivity index is 1.92. The lowest BCUT2D eigenvalue weighted by Gasteiger charge is -2.33. The van der Waals surface area contributed by atoms with Crippen molar-refractivity contribution in [3.8, 4) is 0 Å². The molecule has 0 saturated carbocycles. The number of sulfonamides is 1. The molecule has 2 fully saturated rings. The minimum Gasteiger partial charge on any atom is -0.370 e. The molecule has 0 radical (unpaired) electrons. The SMILES string of the molecule is CN(C)C(=O)CNC(=O)c1ccc(N2CCCCC2)c(S(=O)(=O)N2CCCCC2)c1. The van der Waals surface area contributed by atoms with E-state index in [-0.39, 0.29) is 22.9 Å². The molecule has 2 saturated heterocycles. The summed E-state index contributed by atoms with van der Waals surface area (Å²) in [5, 5.41) is 2.59. The summed E-state index contributed by atoms with van der Waals surface area (Å²) >= 11 is 0. The maximum atomic E-state index is 13.5. The zero-order valence-corrected chi connectivity index (χ0v) is 18.7. The molecule has 2 amide bonds. The van der Waals surface area contributed by atoms with Crippen molar-refractivity contribution in [3.63, 3.8) is 0 Å². The van der Waals surface area contributed by atoms with Gasteiger partial charge in [0.25, 0.3) is 5.91 Å². The molecular formula is C21H32N4O4S. The molecule has 0 bridgehead atoms. The number of piperidine rings is 2. The Bertz CT molecular complexity index is 873. The lowest BCUT2D eigenvalue weighted by molar-refractivity contribution is -0.127. The third kappa shape index (κ3) is 5.13. The molecule has 8 nitrogen and oxygen atoms in total. The molecule has 3 rings (SSSR count). The van der Waals surface area contributed by atoms with Gasteiger partial charge in [0, 0.05) is 45.8 Å². The Labute approximate surface area is 179 Å². The smallest absolute Gasteiger partial charge is 0.251 e. The van der Waals surface area contributed by atoms with Crippen LogP contribution in [0.1, 0.15) is 48.9 Å². The van der Waals surface area contributed by atoms with E-state index in [9.17, 15) is 18.0 Å². The van der Waals surface area contributed by atoms with Gasteiger partial charge in [0.2, 0.25) is 15.9 Å². The quantitative estimate of drug-likeness (QED) is 0.733. The number of nitrogens with zero attached hydrogens (tertiary/aromatic N) is 3. The maximum Gasteiger partial charge on any atom is 0.251 e. The summed E-state index contributed by atoms with van der Waals surface area (Å²) in [4.78, 5) is 28.1. The molecule has 0 unspecified atom stereocenters. The highest BCUT2D eigenvalue weighted by atomic mass is 32.2. The Morgan fingerprint density at radius 3 is 2.17 bits per heavy atom. The second kappa shape index (κ2) is 9.78. The van der Waals surface area contributed by atoms with E-state index in [0.717, 1.165) is 51.6 Å². The average molecular weight is 437 g/mol. The summed E-state index contributed by atoms with van der Waals surface area (Å²) < 4.78 is 28.5. The van der Waals surface area contributed by atoms with E-state index >= 15 is 0 Å². The Morgan fingerprint density at radius 1 is 0.967 bits per heavy atom. The predicted octanol–water partition coefficient (Wildman–Crippen LogP) is 1.67. The van der Waals surface area contributed by atoms with Crippen molar-refractivity contribution < 1.29 is 18.0 Å². The Kier molecular flexibility index (Phi) is 7.36. The van der Waals surface area contributed by atoms with Crippen LogP contribution in [0.2, 0.25) is 0 Å². The van der Waals surface area contributed by atoms with Crippen molar-refractivity contribution in [2.75, 3.05) is 51.7 Å². The molecule has 0 aliphatic carbocycles. The van der Waals surface area contributed by atoms with Gasteiger partial charge in [0.1, 0.15) is 4.90 Å². The van der Waals surface area contributed by atoms with Crippen LogP contribution < -0.4 is 10.2 Å². The van der Waals surface area contributed by atoms with E-state index in [1.165, 1.54) is 15.3 Å². The number of hydrogen-bond acceptors (Lipinski definition) is 5. The summed E-state index contributed by atoms with van der Waals surface area (Å²) in [7, 11) is -0.474. The molecule has 1 aromatic carbocycles. The van der Waals surface area contributed by atoms with E-state index in [1.807, 2.05) is 0 Å². The van der Waals surface area contributed by atoms with Crippen LogP contribution in [0.3, 0.4) is 0 Å². The van der Waals surface area contributed by atoms with Crippen LogP contribution in [0.4, 0.5) is 5.69 Å². The summed E-state index contributed by atoms with van der Waals surface area (Å²) in [5.74, 6) is -0.681. The fraction of sp³-hybridized carbons (Fsp3) is 0.619. The fourth-order valence-corrected chi connectivity index (χ4v) is 5.67. The van der Waals surface area contributed by atoms with Crippen LogP contribution in [0.5, 0.6) is 0 Å². The molecule has 0 atom stereocenters. The third-order valence-corrected chi connectivity index (χ3v) is 7.68. The van der Waals surface area contributed by atoms with Crippen LogP contribution in [0.25, 0.3) is 0 Å². The number of hydrogen-bond donors (Lipinski definition) is 1. The second-order valence-electron chi connectivity index (χ2n) is 8.17. The number of nitrogens with one attached hydrogen (secondary N) is 1. The third-order valence-electron chi connectivity index (χ3n) is 5.75. The molecule has 2 aliphatic heterocycles. The minimum atomic E-state index is -3.71. The first-order valence-electron chi connectivity index (χ1n) is 10.7. The van der Waals surface area contributed by atoms with Gasteiger partial charge in [-0.1, -0.05) is 6.42 Å². The molecular weight excluding hydrogens is 404 g/mol. The number of benzene rings is 1. The standard InChI is InChI=1S/C21H32N4O4S/c1-23(2)20(26)16-22-21(27)17-9-10-18(24-11-5-3-6-12-24)19(15-17)30(28,29)25-13-7-4-8-14-25/h9-10,15H,3-8,11-14,16H2,1-2H3,(H,22,27). The fourth-order valence-electron chi connectivity index (χ4n) is 3.92. The molecule has 30 heavy (non-hydrogen) atoms. The van der Waals surface area contributed by atoms with Crippen molar-refractivity contribution >= 4 is 27.5 Å². The van der Waals surface area contributed by atoms with Crippen molar-refractivity contribution in [2.24, 2.45) is 0 Å². The molecule has 166 valence electrons. The minimum absolute atomic E-state index is 0.131. The molecule has 0 aromatic heterocycles. The summed E-state index contributed by atoms with van der Waals surface area (Å²) in [6, 6.07) is 4.86. The number of rotatable bonds is 6. The molecule has 2 heterocycles. The maximum absolute atomic E-state index is 13.5. The number of amides is 2. The van der Waals surface area contributed by atoms with E-state index in [2.05, 4.69) is 10.2 Å². The first kappa shape index (κ1) is 22.6. The van der Waals surface area contributed by atoms with Gasteiger partial charge < -0.3 is 15.1 Å². The van der Waals surface area contributed by atoms with E-state index < -0.39 is 15.9 Å². The van der Waals surface area contributed by atoms with Gasteiger partial charge in [-0.3, -0.25) is 9.59 Å². The number of anilines is 1. The van der Waals surface area contributed by atoms with E-state index in [4.69, 9.17) is 0 Å². The van der Waals surface area contributed by atoms with Crippen LogP contribution >= 0.6 is 0 Å². The zero-order chi connectivity index (χ0) is 21.7. The number of likely N-dealkylation sites (N-methyl/N-ethyl adjacent to an activating group) is 1. The van der Waals surface area contributed by atoms with Crippen molar-refractivity contribution in [2.45, 2.75) is 43.4 Å². The Morgan fingerprint density at radius 2 is 1.57 bits per heavy atom. The number of carbonyl (C=O) groups is 2. The summed E-state index contributed by atoms with van der Waals surface area (Å²) in [6.45, 7) is 2.51. The highest BCUT2D eigenvalue weighted by Gasteiger charge is 2.31. The Hall–Kier alpha value is -2.13. The van der Waals surface area contributed by atoms with Gasteiger partial charge in [0.15, 0.2) is 0 Å². The summed E-state index contributed by atoms with van der Waals surface area (Å²) in [5.41, 5.74) is 0.916. The normalized spacial score (nSPS) is 18.1. The van der Waals surface area contributed by atoms with Crippen molar-refractivity contribution in [3.05, 3.63) is 23.8 Å². The first-order chi connectivity index (χ1) is 14.3. The molecule has 2 aliphatic rings. The van der Waals surface area contributed by atoms with Crippen LogP contribution in [-0.2, 0) is 14.8 Å². The van der Waals surface area contributed by atoms with Gasteiger partial charge in [-0.2, -0.15) is 4.31 Å². The molecule has 1 aromatic rings. The van der Waals surface area contributed by atoms with Crippen LogP contribution in [0, 0.1) is 0 Å². The second-order valence-corrected chi connectivity index (χ2v) is 10.1. The lowest BCUT2D eigenvalue weighted by atomic mass is 10.1. The van der Waals surface area contributed by atoms with Gasteiger partial charge in [-0.25, -0.2) is 8.42 Å². The van der Waals surface area contributed by atoms with Gasteiger partial charge >= 0.3 is 0 Å². The monoisotopic (exact) mass is 436 g/mol. The topological polar surface area (TPSA) is 90.0 Å². The van der Waals surface area contributed by atoms with Crippen LogP contribution in [-0.4, -0.2) is 76.3 Å². The highest BCUT2D eigenvalue weighted by Crippen LogP contribution is 2.32. The molecule has 0 spiro atoms. The van der Waals surface area contributed by atoms with Gasteiger partial charge in [-0.05, 0) is 50.3 Å². The van der Waals surface area contributed by atoms with Crippen LogP contribution in [0.15, 0.2) is 23.1 Å². The van der Waals surface area contributed by atoms with E-state index in [1.54, 1.807) is 26.2 Å². The predicted molar refractivity (Wildman–Crippen MR) is 116 cm³/mol. The zero-order valence-electron chi connectivity index (χ0n) is 17.9. The van der Waals surface area contributed by atoms with E-state index in [0.29, 0.717) is 18.8 Å². The highest BCUT2D eigenvalue weighted by molar-refractivity contribution is 7.89. The first-order valence-corrected chi connectivity index (χ1v) is 12.1. The van der Waals surface area contributed by atoms with Gasteiger partial charge in [-0.15, -0.1) is 0 Å². The number of carbonyl (C=O) groups excluding carboxylic acids is 2. The molecule has 1 N–H and O–H groups in total. The van der Waals surface area contributed by atoms with Gasteiger partial charge in [0.05, 0.1) is 12.2 Å².